The quantitative estimate of drug-likeness (QED) is 0.181. The molecule has 4 aliphatic carbocycles. The number of ketones is 1. The molecule has 0 bridgehead atoms. The highest BCUT2D eigenvalue weighted by Crippen LogP contribution is 2.65. The summed E-state index contributed by atoms with van der Waals surface area (Å²) in [6.45, 7) is 7.19. The van der Waals surface area contributed by atoms with Gasteiger partial charge in [0.1, 0.15) is 0 Å². The largest absolute Gasteiger partial charge is 0.295 e. The van der Waals surface area contributed by atoms with Crippen LogP contribution in [0.2, 0.25) is 0 Å². The first kappa shape index (κ1) is 30.5. The average Bonchev–Trinajstić information content (AvgIpc) is 3.23. The standard InChI is InChI=1S/C34H58O3S/c1-4-5-6-7-8-9-10-11-12-13-14-15-16-25-38(36)37-32-20-19-30-29-18-17-27-26-28(35)21-23-33(27,2)31(29)22-24-34(30,32)3/h26,29-32H,4-25H2,1-3H3/t29-,30-,31-,32-,33-,34-,38?/m0/s1. The van der Waals surface area contributed by atoms with Gasteiger partial charge in [-0.25, -0.2) is 4.21 Å². The third-order valence-electron chi connectivity index (χ3n) is 11.5. The van der Waals surface area contributed by atoms with Crippen molar-refractivity contribution in [2.24, 2.45) is 28.6 Å². The lowest BCUT2D eigenvalue weighted by atomic mass is 9.47. The first-order chi connectivity index (χ1) is 18.4. The molecule has 4 aliphatic rings. The Morgan fingerprint density at radius 3 is 2.08 bits per heavy atom. The van der Waals surface area contributed by atoms with Gasteiger partial charge in [0, 0.05) is 12.2 Å². The van der Waals surface area contributed by atoms with E-state index in [1.807, 2.05) is 6.08 Å². The van der Waals surface area contributed by atoms with E-state index in [4.69, 9.17) is 4.18 Å². The molecule has 0 radical (unpaired) electrons. The molecule has 4 heteroatoms. The lowest BCUT2D eigenvalue weighted by Gasteiger charge is -2.57. The number of hydrogen-bond acceptors (Lipinski definition) is 3. The SMILES string of the molecule is CCCCCCCCCCCCCCCS(=O)O[C@H]1CC[C@H]2[C@@H]3CCC4=CC(=O)CC[C@]4(C)[C@H]3CC[C@]12C. The number of rotatable bonds is 16. The summed E-state index contributed by atoms with van der Waals surface area (Å²) < 4.78 is 19.3. The molecule has 0 saturated heterocycles. The van der Waals surface area contributed by atoms with Crippen LogP contribution in [-0.4, -0.2) is 21.8 Å². The van der Waals surface area contributed by atoms with Gasteiger partial charge in [0.15, 0.2) is 16.9 Å². The maximum absolute atomic E-state index is 12.9. The predicted octanol–water partition coefficient (Wildman–Crippen LogP) is 9.66. The van der Waals surface area contributed by atoms with E-state index in [1.165, 1.54) is 108 Å². The van der Waals surface area contributed by atoms with E-state index in [2.05, 4.69) is 20.8 Å². The summed E-state index contributed by atoms with van der Waals surface area (Å²) in [5.74, 6) is 3.20. The van der Waals surface area contributed by atoms with E-state index in [-0.39, 0.29) is 16.9 Å². The minimum Gasteiger partial charge on any atom is -0.295 e. The molecule has 0 amide bonds. The van der Waals surface area contributed by atoms with Gasteiger partial charge >= 0.3 is 0 Å². The Morgan fingerprint density at radius 1 is 0.789 bits per heavy atom. The van der Waals surface area contributed by atoms with Crippen LogP contribution in [-0.2, 0) is 20.1 Å². The van der Waals surface area contributed by atoms with Crippen molar-refractivity contribution in [2.75, 3.05) is 5.75 Å². The zero-order chi connectivity index (χ0) is 27.0. The fourth-order valence-electron chi connectivity index (χ4n) is 9.08. The van der Waals surface area contributed by atoms with Crippen molar-refractivity contribution in [1.82, 2.24) is 0 Å². The molecule has 0 N–H and O–H groups in total. The van der Waals surface area contributed by atoms with E-state index in [9.17, 15) is 9.00 Å². The van der Waals surface area contributed by atoms with E-state index in [0.717, 1.165) is 38.0 Å². The smallest absolute Gasteiger partial charge is 0.155 e. The molecule has 1 unspecified atom stereocenters. The van der Waals surface area contributed by atoms with Crippen LogP contribution in [0.5, 0.6) is 0 Å². The van der Waals surface area contributed by atoms with Crippen LogP contribution in [0.1, 0.15) is 156 Å². The molecule has 4 rings (SSSR count). The minimum atomic E-state index is -1.14. The number of carbonyl (C=O) groups excluding carboxylic acids is 1. The molecular formula is C34H58O3S. The second kappa shape index (κ2) is 14.4. The van der Waals surface area contributed by atoms with Gasteiger partial charge in [0.05, 0.1) is 6.10 Å². The maximum Gasteiger partial charge on any atom is 0.155 e. The van der Waals surface area contributed by atoms with E-state index in [1.54, 1.807) is 0 Å². The lowest BCUT2D eigenvalue weighted by Crippen LogP contribution is -2.51. The van der Waals surface area contributed by atoms with Crippen LogP contribution in [0.3, 0.4) is 0 Å². The molecule has 0 aliphatic heterocycles. The zero-order valence-electron chi connectivity index (χ0n) is 25.1. The number of unbranched alkanes of at least 4 members (excludes halogenated alkanes) is 12. The fraction of sp³-hybridized carbons (Fsp3) is 0.912. The lowest BCUT2D eigenvalue weighted by molar-refractivity contribution is -0.117. The summed E-state index contributed by atoms with van der Waals surface area (Å²) in [7, 11) is 0. The maximum atomic E-state index is 12.9. The molecule has 7 atom stereocenters. The second-order valence-electron chi connectivity index (χ2n) is 13.9. The molecule has 38 heavy (non-hydrogen) atoms. The normalized spacial score (nSPS) is 35.3. The topological polar surface area (TPSA) is 43.4 Å². The van der Waals surface area contributed by atoms with Crippen LogP contribution in [0.25, 0.3) is 0 Å². The minimum absolute atomic E-state index is 0.161. The van der Waals surface area contributed by atoms with Gasteiger partial charge < -0.3 is 0 Å². The summed E-state index contributed by atoms with van der Waals surface area (Å²) in [5.41, 5.74) is 1.85. The highest BCUT2D eigenvalue weighted by atomic mass is 32.2. The van der Waals surface area contributed by atoms with E-state index in [0.29, 0.717) is 23.4 Å². The predicted molar refractivity (Wildman–Crippen MR) is 160 cm³/mol. The van der Waals surface area contributed by atoms with Crippen molar-refractivity contribution in [3.8, 4) is 0 Å². The van der Waals surface area contributed by atoms with Gasteiger partial charge in [-0.05, 0) is 86.0 Å². The number of hydrogen-bond donors (Lipinski definition) is 0. The number of fused-ring (bicyclic) bond motifs is 5. The van der Waals surface area contributed by atoms with Crippen molar-refractivity contribution >= 4 is 16.9 Å². The summed E-state index contributed by atoms with van der Waals surface area (Å²) in [6.07, 6.45) is 28.4. The zero-order valence-corrected chi connectivity index (χ0v) is 25.9. The van der Waals surface area contributed by atoms with E-state index < -0.39 is 11.1 Å². The Labute approximate surface area is 237 Å². The molecule has 0 aromatic carbocycles. The molecule has 0 heterocycles. The van der Waals surface area contributed by atoms with Gasteiger partial charge in [0.25, 0.3) is 0 Å². The fourth-order valence-corrected chi connectivity index (χ4v) is 10.2. The third-order valence-corrected chi connectivity index (χ3v) is 12.6. The molecule has 3 saturated carbocycles. The molecule has 0 aromatic rings. The molecular weight excluding hydrogens is 488 g/mol. The summed E-state index contributed by atoms with van der Waals surface area (Å²) in [4.78, 5) is 12.1. The molecule has 0 aromatic heterocycles. The van der Waals surface area contributed by atoms with Crippen LogP contribution < -0.4 is 0 Å². The Balaban J connectivity index is 1.12. The Hall–Kier alpha value is -0.480. The van der Waals surface area contributed by atoms with Gasteiger partial charge in [0.2, 0.25) is 0 Å². The van der Waals surface area contributed by atoms with Crippen molar-refractivity contribution in [3.05, 3.63) is 11.6 Å². The Morgan fingerprint density at radius 2 is 1.42 bits per heavy atom. The molecule has 3 nitrogen and oxygen atoms in total. The van der Waals surface area contributed by atoms with E-state index >= 15 is 0 Å². The van der Waals surface area contributed by atoms with Gasteiger partial charge in [-0.2, -0.15) is 0 Å². The molecule has 0 spiro atoms. The van der Waals surface area contributed by atoms with Crippen LogP contribution in [0.15, 0.2) is 11.6 Å². The number of allylic oxidation sites excluding steroid dienone is 1. The molecule has 3 fully saturated rings. The van der Waals surface area contributed by atoms with Crippen LogP contribution in [0, 0.1) is 28.6 Å². The first-order valence-corrected chi connectivity index (χ1v) is 17.9. The van der Waals surface area contributed by atoms with Gasteiger partial charge in [-0.15, -0.1) is 0 Å². The summed E-state index contributed by atoms with van der Waals surface area (Å²) in [6, 6.07) is 0. The van der Waals surface area contributed by atoms with Crippen LogP contribution in [0.4, 0.5) is 0 Å². The third kappa shape index (κ3) is 7.23. The highest BCUT2D eigenvalue weighted by molar-refractivity contribution is 7.80. The van der Waals surface area contributed by atoms with Gasteiger partial charge in [-0.3, -0.25) is 8.98 Å². The van der Waals surface area contributed by atoms with Gasteiger partial charge in [-0.1, -0.05) is 103 Å². The second-order valence-corrected chi connectivity index (χ2v) is 15.1. The Bertz CT molecular complexity index is 821. The first-order valence-electron chi connectivity index (χ1n) is 16.7. The monoisotopic (exact) mass is 546 g/mol. The summed E-state index contributed by atoms with van der Waals surface area (Å²) >= 11 is -1.14. The average molecular weight is 547 g/mol. The Kier molecular flexibility index (Phi) is 11.6. The van der Waals surface area contributed by atoms with Crippen LogP contribution >= 0.6 is 0 Å². The summed E-state index contributed by atoms with van der Waals surface area (Å²) in [5, 5.41) is 0. The number of carbonyl (C=O) groups is 1. The van der Waals surface area contributed by atoms with Crippen molar-refractivity contribution in [1.29, 1.82) is 0 Å². The van der Waals surface area contributed by atoms with Crippen molar-refractivity contribution in [2.45, 2.75) is 162 Å². The van der Waals surface area contributed by atoms with Crippen molar-refractivity contribution < 1.29 is 13.2 Å². The highest BCUT2D eigenvalue weighted by Gasteiger charge is 2.59. The van der Waals surface area contributed by atoms with Crippen molar-refractivity contribution in [3.63, 3.8) is 0 Å². The molecule has 218 valence electrons.